The number of ether oxygens (including phenoxy) is 1. The zero-order chi connectivity index (χ0) is 13.9. The Hall–Kier alpha value is -2.26. The van der Waals surface area contributed by atoms with E-state index >= 15 is 0 Å². The standard InChI is InChI=1S/C17H17NO2/c1-12-5-7-15(8-6-12)19-10-14-11-20-17-13(9-18)3-2-4-16(14)17/h2-8,11H,9-10,18H2,1H3. The lowest BCUT2D eigenvalue weighted by Crippen LogP contribution is -1.97. The van der Waals surface area contributed by atoms with Crippen LogP contribution in [0.15, 0.2) is 53.1 Å². The first-order chi connectivity index (χ1) is 9.78. The van der Waals surface area contributed by atoms with Crippen molar-refractivity contribution < 1.29 is 9.15 Å². The van der Waals surface area contributed by atoms with Crippen molar-refractivity contribution in [1.82, 2.24) is 0 Å². The van der Waals surface area contributed by atoms with E-state index in [1.54, 1.807) is 6.26 Å². The predicted octanol–water partition coefficient (Wildman–Crippen LogP) is 3.78. The molecule has 0 atom stereocenters. The highest BCUT2D eigenvalue weighted by Crippen LogP contribution is 2.25. The van der Waals surface area contributed by atoms with Gasteiger partial charge in [-0.15, -0.1) is 0 Å². The van der Waals surface area contributed by atoms with Crippen LogP contribution in [-0.4, -0.2) is 0 Å². The number of para-hydroxylation sites is 1. The monoisotopic (exact) mass is 267 g/mol. The highest BCUT2D eigenvalue weighted by molar-refractivity contribution is 5.83. The number of hydrogen-bond acceptors (Lipinski definition) is 3. The first-order valence-corrected chi connectivity index (χ1v) is 6.65. The Kier molecular flexibility index (Phi) is 3.44. The van der Waals surface area contributed by atoms with Crippen molar-refractivity contribution in [2.75, 3.05) is 0 Å². The fourth-order valence-electron chi connectivity index (χ4n) is 2.24. The second-order valence-electron chi connectivity index (χ2n) is 4.86. The number of hydrogen-bond donors (Lipinski definition) is 1. The second-order valence-corrected chi connectivity index (χ2v) is 4.86. The van der Waals surface area contributed by atoms with Crippen molar-refractivity contribution in [2.24, 2.45) is 5.73 Å². The zero-order valence-corrected chi connectivity index (χ0v) is 11.4. The fraction of sp³-hybridized carbons (Fsp3) is 0.176. The van der Waals surface area contributed by atoms with Gasteiger partial charge in [0.2, 0.25) is 0 Å². The summed E-state index contributed by atoms with van der Waals surface area (Å²) in [5, 5.41) is 1.07. The smallest absolute Gasteiger partial charge is 0.138 e. The molecule has 0 saturated carbocycles. The zero-order valence-electron chi connectivity index (χ0n) is 11.4. The molecule has 2 aromatic carbocycles. The predicted molar refractivity (Wildman–Crippen MR) is 79.6 cm³/mol. The molecular weight excluding hydrogens is 250 g/mol. The van der Waals surface area contributed by atoms with E-state index in [-0.39, 0.29) is 0 Å². The van der Waals surface area contributed by atoms with Gasteiger partial charge >= 0.3 is 0 Å². The summed E-state index contributed by atoms with van der Waals surface area (Å²) in [6.07, 6.45) is 1.75. The topological polar surface area (TPSA) is 48.4 Å². The summed E-state index contributed by atoms with van der Waals surface area (Å²) in [6.45, 7) is 3.02. The van der Waals surface area contributed by atoms with Crippen LogP contribution in [0.2, 0.25) is 0 Å². The van der Waals surface area contributed by atoms with Crippen LogP contribution in [0.5, 0.6) is 5.75 Å². The van der Waals surface area contributed by atoms with Gasteiger partial charge in [-0.05, 0) is 19.1 Å². The Morgan fingerprint density at radius 1 is 1.05 bits per heavy atom. The molecule has 0 amide bonds. The Labute approximate surface area is 118 Å². The molecule has 0 aliphatic carbocycles. The lowest BCUT2D eigenvalue weighted by atomic mass is 10.1. The average Bonchev–Trinajstić information content (AvgIpc) is 2.90. The molecule has 0 unspecified atom stereocenters. The summed E-state index contributed by atoms with van der Waals surface area (Å²) in [7, 11) is 0. The molecule has 0 aliphatic heterocycles. The van der Waals surface area contributed by atoms with E-state index in [0.717, 1.165) is 27.8 Å². The lowest BCUT2D eigenvalue weighted by molar-refractivity contribution is 0.306. The van der Waals surface area contributed by atoms with E-state index in [9.17, 15) is 0 Å². The van der Waals surface area contributed by atoms with Gasteiger partial charge in [-0.1, -0.05) is 35.9 Å². The molecule has 0 radical (unpaired) electrons. The number of fused-ring (bicyclic) bond motifs is 1. The van der Waals surface area contributed by atoms with E-state index in [1.807, 2.05) is 42.5 Å². The summed E-state index contributed by atoms with van der Waals surface area (Å²) >= 11 is 0. The average molecular weight is 267 g/mol. The minimum atomic E-state index is 0.475. The normalized spacial score (nSPS) is 10.9. The van der Waals surface area contributed by atoms with E-state index in [0.29, 0.717) is 13.2 Å². The molecule has 0 saturated heterocycles. The van der Waals surface area contributed by atoms with Crippen molar-refractivity contribution >= 4 is 11.0 Å². The number of furan rings is 1. The molecule has 0 spiro atoms. The molecule has 0 fully saturated rings. The molecule has 20 heavy (non-hydrogen) atoms. The van der Waals surface area contributed by atoms with Crippen LogP contribution in [0.3, 0.4) is 0 Å². The minimum absolute atomic E-state index is 0.475. The summed E-state index contributed by atoms with van der Waals surface area (Å²) in [5.74, 6) is 0.861. The van der Waals surface area contributed by atoms with E-state index in [1.165, 1.54) is 5.56 Å². The van der Waals surface area contributed by atoms with Gasteiger partial charge < -0.3 is 14.9 Å². The highest BCUT2D eigenvalue weighted by Gasteiger charge is 2.09. The van der Waals surface area contributed by atoms with E-state index in [4.69, 9.17) is 14.9 Å². The quantitative estimate of drug-likeness (QED) is 0.782. The summed E-state index contributed by atoms with van der Waals surface area (Å²) in [4.78, 5) is 0. The Balaban J connectivity index is 1.83. The number of aryl methyl sites for hydroxylation is 1. The van der Waals surface area contributed by atoms with Crippen molar-refractivity contribution in [2.45, 2.75) is 20.1 Å². The maximum absolute atomic E-state index is 5.80. The summed E-state index contributed by atoms with van der Waals surface area (Å²) in [6, 6.07) is 14.0. The summed E-state index contributed by atoms with van der Waals surface area (Å²) < 4.78 is 11.4. The van der Waals surface area contributed by atoms with E-state index < -0.39 is 0 Å². The van der Waals surface area contributed by atoms with Crippen molar-refractivity contribution in [1.29, 1.82) is 0 Å². The van der Waals surface area contributed by atoms with Gasteiger partial charge in [-0.2, -0.15) is 0 Å². The second kappa shape index (κ2) is 5.39. The molecular formula is C17H17NO2. The molecule has 1 heterocycles. The fourth-order valence-corrected chi connectivity index (χ4v) is 2.24. The Morgan fingerprint density at radius 2 is 1.85 bits per heavy atom. The first kappa shape index (κ1) is 12.8. The largest absolute Gasteiger partial charge is 0.489 e. The maximum atomic E-state index is 5.80. The van der Waals surface area contributed by atoms with Crippen molar-refractivity contribution in [3.05, 3.63) is 65.4 Å². The number of benzene rings is 2. The first-order valence-electron chi connectivity index (χ1n) is 6.65. The van der Waals surface area contributed by atoms with E-state index in [2.05, 4.69) is 6.92 Å². The van der Waals surface area contributed by atoms with Crippen LogP contribution >= 0.6 is 0 Å². The van der Waals surface area contributed by atoms with Crippen LogP contribution < -0.4 is 10.5 Å². The molecule has 0 aliphatic rings. The molecule has 3 rings (SSSR count). The molecule has 102 valence electrons. The molecule has 3 nitrogen and oxygen atoms in total. The van der Waals surface area contributed by atoms with Crippen LogP contribution in [-0.2, 0) is 13.2 Å². The third kappa shape index (κ3) is 2.40. The highest BCUT2D eigenvalue weighted by atomic mass is 16.5. The van der Waals surface area contributed by atoms with Gasteiger partial charge in [0.1, 0.15) is 17.9 Å². The van der Waals surface area contributed by atoms with Gasteiger partial charge in [-0.3, -0.25) is 0 Å². The van der Waals surface area contributed by atoms with Crippen molar-refractivity contribution in [3.63, 3.8) is 0 Å². The molecule has 2 N–H and O–H groups in total. The molecule has 3 heteroatoms. The number of rotatable bonds is 4. The minimum Gasteiger partial charge on any atom is -0.489 e. The van der Waals surface area contributed by atoms with Gasteiger partial charge in [0.05, 0.1) is 6.26 Å². The Bertz CT molecular complexity index is 713. The van der Waals surface area contributed by atoms with Gasteiger partial charge in [-0.25, -0.2) is 0 Å². The molecule has 1 aromatic heterocycles. The lowest BCUT2D eigenvalue weighted by Gasteiger charge is -2.05. The molecule has 3 aromatic rings. The van der Waals surface area contributed by atoms with Crippen LogP contribution in [0.25, 0.3) is 11.0 Å². The van der Waals surface area contributed by atoms with Crippen LogP contribution in [0.4, 0.5) is 0 Å². The Morgan fingerprint density at radius 3 is 2.60 bits per heavy atom. The van der Waals surface area contributed by atoms with Crippen LogP contribution in [0.1, 0.15) is 16.7 Å². The van der Waals surface area contributed by atoms with Crippen molar-refractivity contribution in [3.8, 4) is 5.75 Å². The summed E-state index contributed by atoms with van der Waals surface area (Å²) in [5.41, 5.74) is 9.85. The third-order valence-corrected chi connectivity index (χ3v) is 3.40. The van der Waals surface area contributed by atoms with Crippen LogP contribution in [0, 0.1) is 6.92 Å². The van der Waals surface area contributed by atoms with Gasteiger partial charge in [0.25, 0.3) is 0 Å². The maximum Gasteiger partial charge on any atom is 0.138 e. The van der Waals surface area contributed by atoms with Gasteiger partial charge in [0, 0.05) is 23.1 Å². The number of nitrogens with two attached hydrogens (primary N) is 1. The third-order valence-electron chi connectivity index (χ3n) is 3.40. The van der Waals surface area contributed by atoms with Gasteiger partial charge in [0.15, 0.2) is 0 Å². The molecule has 0 bridgehead atoms. The SMILES string of the molecule is Cc1ccc(OCc2coc3c(CN)cccc23)cc1.